The first kappa shape index (κ1) is 11.5. The maximum atomic E-state index is 8.00. The Morgan fingerprint density at radius 1 is 1.17 bits per heavy atom. The molecule has 3 nitrogen and oxygen atoms in total. The van der Waals surface area contributed by atoms with Crippen molar-refractivity contribution in [2.24, 2.45) is 0 Å². The van der Waals surface area contributed by atoms with Gasteiger partial charge in [-0.25, -0.2) is 0 Å². The van der Waals surface area contributed by atoms with Gasteiger partial charge >= 0.3 is 0 Å². The summed E-state index contributed by atoms with van der Waals surface area (Å²) >= 11 is 2.28. The Bertz CT molecular complexity index is 786. The summed E-state index contributed by atoms with van der Waals surface area (Å²) in [6.45, 7) is 2.04. The molecule has 0 aliphatic rings. The van der Waals surface area contributed by atoms with Crippen LogP contribution < -0.4 is 5.68 Å². The molecule has 0 saturated carbocycles. The van der Waals surface area contributed by atoms with Crippen LogP contribution in [0.25, 0.3) is 16.8 Å². The number of para-hydroxylation sites is 2. The number of oxazole rings is 1. The molecule has 0 radical (unpaired) electrons. The SMILES string of the molecule is Cc1ccc(I)cc1-n1c(=N)oc2ccccc21. The van der Waals surface area contributed by atoms with Crippen molar-refractivity contribution in [3.63, 3.8) is 0 Å². The number of nitrogens with one attached hydrogen (secondary N) is 1. The van der Waals surface area contributed by atoms with Crippen molar-refractivity contribution < 1.29 is 4.42 Å². The average molecular weight is 350 g/mol. The predicted molar refractivity (Wildman–Crippen MR) is 78.8 cm³/mol. The Kier molecular flexibility index (Phi) is 2.74. The second-order valence-electron chi connectivity index (χ2n) is 4.14. The van der Waals surface area contributed by atoms with Gasteiger partial charge < -0.3 is 4.42 Å². The van der Waals surface area contributed by atoms with Crippen molar-refractivity contribution in [3.8, 4) is 5.69 Å². The van der Waals surface area contributed by atoms with E-state index in [4.69, 9.17) is 9.83 Å². The number of benzene rings is 2. The zero-order valence-corrected chi connectivity index (χ0v) is 11.9. The van der Waals surface area contributed by atoms with E-state index in [1.165, 1.54) is 0 Å². The maximum Gasteiger partial charge on any atom is 0.299 e. The van der Waals surface area contributed by atoms with E-state index in [1.54, 1.807) is 0 Å². The third kappa shape index (κ3) is 1.77. The monoisotopic (exact) mass is 350 g/mol. The van der Waals surface area contributed by atoms with Crippen molar-refractivity contribution in [2.75, 3.05) is 0 Å². The number of aryl methyl sites for hydroxylation is 1. The average Bonchev–Trinajstić information content (AvgIpc) is 2.68. The minimum atomic E-state index is 0.154. The lowest BCUT2D eigenvalue weighted by Gasteiger charge is -2.07. The molecule has 3 aromatic rings. The highest BCUT2D eigenvalue weighted by atomic mass is 127. The molecular weight excluding hydrogens is 339 g/mol. The number of rotatable bonds is 1. The van der Waals surface area contributed by atoms with Crippen molar-refractivity contribution in [2.45, 2.75) is 6.92 Å². The van der Waals surface area contributed by atoms with E-state index in [0.29, 0.717) is 0 Å². The van der Waals surface area contributed by atoms with E-state index in [2.05, 4.69) is 40.8 Å². The summed E-state index contributed by atoms with van der Waals surface area (Å²) in [6, 6.07) is 13.9. The summed E-state index contributed by atoms with van der Waals surface area (Å²) in [7, 11) is 0. The van der Waals surface area contributed by atoms with Gasteiger partial charge in [-0.2, -0.15) is 0 Å². The molecule has 0 spiro atoms. The van der Waals surface area contributed by atoms with Crippen molar-refractivity contribution in [3.05, 3.63) is 57.3 Å². The molecule has 4 heteroatoms. The fourth-order valence-corrected chi connectivity index (χ4v) is 2.52. The van der Waals surface area contributed by atoms with Gasteiger partial charge in [-0.15, -0.1) is 0 Å². The van der Waals surface area contributed by atoms with Gasteiger partial charge in [0.05, 0.1) is 11.2 Å². The highest BCUT2D eigenvalue weighted by molar-refractivity contribution is 14.1. The number of nitrogens with zero attached hydrogens (tertiary/aromatic N) is 1. The van der Waals surface area contributed by atoms with Crippen LogP contribution in [0.15, 0.2) is 46.9 Å². The van der Waals surface area contributed by atoms with Gasteiger partial charge in [-0.1, -0.05) is 18.2 Å². The zero-order chi connectivity index (χ0) is 12.7. The third-order valence-corrected chi connectivity index (χ3v) is 3.60. The van der Waals surface area contributed by atoms with E-state index >= 15 is 0 Å². The molecule has 1 aromatic heterocycles. The molecule has 1 N–H and O–H groups in total. The number of fused-ring (bicyclic) bond motifs is 1. The van der Waals surface area contributed by atoms with Crippen molar-refractivity contribution >= 4 is 33.7 Å². The van der Waals surface area contributed by atoms with E-state index in [1.807, 2.05) is 35.8 Å². The highest BCUT2D eigenvalue weighted by Gasteiger charge is 2.10. The van der Waals surface area contributed by atoms with Gasteiger partial charge in [0.2, 0.25) is 0 Å². The van der Waals surface area contributed by atoms with Crippen LogP contribution >= 0.6 is 22.6 Å². The second kappa shape index (κ2) is 4.28. The molecule has 0 fully saturated rings. The van der Waals surface area contributed by atoms with E-state index in [-0.39, 0.29) is 5.68 Å². The molecule has 0 saturated heterocycles. The Morgan fingerprint density at radius 2 is 1.94 bits per heavy atom. The molecule has 3 rings (SSSR count). The van der Waals surface area contributed by atoms with Crippen LogP contribution in [0.2, 0.25) is 0 Å². The first-order chi connectivity index (χ1) is 8.66. The number of aromatic nitrogens is 1. The van der Waals surface area contributed by atoms with Gasteiger partial charge in [-0.05, 0) is 59.3 Å². The van der Waals surface area contributed by atoms with Gasteiger partial charge in [0.15, 0.2) is 5.58 Å². The van der Waals surface area contributed by atoms with Gasteiger partial charge in [-0.3, -0.25) is 9.98 Å². The minimum absolute atomic E-state index is 0.154. The van der Waals surface area contributed by atoms with Crippen LogP contribution in [0.1, 0.15) is 5.56 Å². The highest BCUT2D eigenvalue weighted by Crippen LogP contribution is 2.21. The van der Waals surface area contributed by atoms with Crippen molar-refractivity contribution in [1.29, 1.82) is 5.41 Å². The Labute approximate surface area is 118 Å². The summed E-state index contributed by atoms with van der Waals surface area (Å²) < 4.78 is 8.46. The maximum absolute atomic E-state index is 8.00. The van der Waals surface area contributed by atoms with Crippen LogP contribution in [0.3, 0.4) is 0 Å². The number of hydrogen-bond donors (Lipinski definition) is 1. The molecule has 1 heterocycles. The molecule has 0 unspecified atom stereocenters. The summed E-state index contributed by atoms with van der Waals surface area (Å²) in [5.41, 5.74) is 3.94. The first-order valence-electron chi connectivity index (χ1n) is 5.58. The standard InChI is InChI=1S/C14H11IN2O/c1-9-6-7-10(15)8-12(9)17-11-4-2-3-5-13(11)18-14(17)16/h2-8,16H,1H3. The van der Waals surface area contributed by atoms with Crippen LogP contribution in [-0.4, -0.2) is 4.57 Å². The molecular formula is C14H11IN2O. The molecule has 0 atom stereocenters. The summed E-state index contributed by atoms with van der Waals surface area (Å²) in [5, 5.41) is 8.00. The molecule has 0 aliphatic carbocycles. The smallest absolute Gasteiger partial charge is 0.299 e. The molecule has 0 amide bonds. The van der Waals surface area contributed by atoms with Crippen molar-refractivity contribution in [1.82, 2.24) is 4.57 Å². The van der Waals surface area contributed by atoms with E-state index in [9.17, 15) is 0 Å². The third-order valence-electron chi connectivity index (χ3n) is 2.93. The Morgan fingerprint density at radius 3 is 2.78 bits per heavy atom. The fourth-order valence-electron chi connectivity index (χ4n) is 2.05. The fraction of sp³-hybridized carbons (Fsp3) is 0.0714. The van der Waals surface area contributed by atoms with Gasteiger partial charge in [0, 0.05) is 3.57 Å². The summed E-state index contributed by atoms with van der Waals surface area (Å²) in [4.78, 5) is 0. The second-order valence-corrected chi connectivity index (χ2v) is 5.39. The number of hydrogen-bond acceptors (Lipinski definition) is 2. The molecule has 0 bridgehead atoms. The molecule has 2 aromatic carbocycles. The van der Waals surface area contributed by atoms with Crippen LogP contribution in [0, 0.1) is 15.9 Å². The largest absolute Gasteiger partial charge is 0.423 e. The van der Waals surface area contributed by atoms with Gasteiger partial charge in [0.1, 0.15) is 0 Å². The quantitative estimate of drug-likeness (QED) is 0.670. The topological polar surface area (TPSA) is 41.9 Å². The van der Waals surface area contributed by atoms with E-state index in [0.717, 1.165) is 25.9 Å². The molecule has 90 valence electrons. The van der Waals surface area contributed by atoms with Crippen LogP contribution in [-0.2, 0) is 0 Å². The molecule has 0 aliphatic heterocycles. The Hall–Kier alpha value is -1.56. The minimum Gasteiger partial charge on any atom is -0.423 e. The zero-order valence-electron chi connectivity index (χ0n) is 9.77. The Balaban J connectivity index is 2.41. The molecule has 18 heavy (non-hydrogen) atoms. The van der Waals surface area contributed by atoms with Crippen LogP contribution in [0.4, 0.5) is 0 Å². The first-order valence-corrected chi connectivity index (χ1v) is 6.66. The van der Waals surface area contributed by atoms with E-state index < -0.39 is 0 Å². The van der Waals surface area contributed by atoms with Gasteiger partial charge in [0.25, 0.3) is 5.68 Å². The lowest BCUT2D eigenvalue weighted by Crippen LogP contribution is -2.13. The normalized spacial score (nSPS) is 11.0. The predicted octanol–water partition coefficient (Wildman–Crippen LogP) is 3.62. The lowest BCUT2D eigenvalue weighted by atomic mass is 10.2. The summed E-state index contributed by atoms with van der Waals surface area (Å²) in [6.07, 6.45) is 0. The lowest BCUT2D eigenvalue weighted by molar-refractivity contribution is 0.509. The number of halogens is 1. The summed E-state index contributed by atoms with van der Waals surface area (Å²) in [5.74, 6) is 0. The van der Waals surface area contributed by atoms with Crippen LogP contribution in [0.5, 0.6) is 0 Å².